The van der Waals surface area contributed by atoms with Crippen molar-refractivity contribution in [3.05, 3.63) is 34.3 Å². The predicted molar refractivity (Wildman–Crippen MR) is 138 cm³/mol. The molecule has 0 aromatic heterocycles. The van der Waals surface area contributed by atoms with Gasteiger partial charge in [-0.3, -0.25) is 0 Å². The Balaban J connectivity index is 1.59. The molecule has 0 atom stereocenters. The molecule has 1 aromatic carbocycles. The fourth-order valence-electron chi connectivity index (χ4n) is 3.25. The number of amides is 3. The van der Waals surface area contributed by atoms with Crippen LogP contribution in [0.4, 0.5) is 9.59 Å². The van der Waals surface area contributed by atoms with Crippen LogP contribution in [0, 0.1) is 23.3 Å². The molecule has 0 radical (unpaired) electrons. The first kappa shape index (κ1) is 26.0. The van der Waals surface area contributed by atoms with E-state index in [1.165, 1.54) is 0 Å². The van der Waals surface area contributed by atoms with Crippen LogP contribution in [0.5, 0.6) is 0 Å². The molecule has 0 spiro atoms. The number of rotatable bonds is 1. The van der Waals surface area contributed by atoms with E-state index < -0.39 is 19.2 Å². The first-order chi connectivity index (χ1) is 15.8. The number of benzene rings is 1. The largest absolute Gasteiger partial charge is 0.444 e. The highest BCUT2D eigenvalue weighted by molar-refractivity contribution is 6.83. The van der Waals surface area contributed by atoms with E-state index in [0.29, 0.717) is 31.2 Å². The zero-order valence-electron chi connectivity index (χ0n) is 21.0. The summed E-state index contributed by atoms with van der Waals surface area (Å²) in [6, 6.07) is 5.47. The van der Waals surface area contributed by atoms with Crippen LogP contribution in [-0.4, -0.2) is 67.3 Å². The Bertz CT molecular complexity index is 1070. The van der Waals surface area contributed by atoms with Crippen molar-refractivity contribution in [3.8, 4) is 23.3 Å². The third-order valence-corrected chi connectivity index (χ3v) is 6.50. The van der Waals surface area contributed by atoms with Crippen molar-refractivity contribution < 1.29 is 14.3 Å². The number of halogens is 1. The third-order valence-electron chi connectivity index (χ3n) is 5.30. The SMILES string of the molecule is CC(C)(C)OC(=O)N1CCN(C(=O)NC2(C#Cc3ccc(Cl)c(C#C[Si](C)(C)C)c3)CC2)CC1. The molecule has 2 aliphatic rings. The Morgan fingerprint density at radius 1 is 1.06 bits per heavy atom. The van der Waals surface area contributed by atoms with Crippen molar-refractivity contribution >= 4 is 31.8 Å². The van der Waals surface area contributed by atoms with E-state index in [1.54, 1.807) is 9.80 Å². The molecule has 2 fully saturated rings. The molecule has 6 nitrogen and oxygen atoms in total. The van der Waals surface area contributed by atoms with Crippen LogP contribution in [0.25, 0.3) is 0 Å². The standard InChI is InChI=1S/C26H34ClN3O3Si/c1-25(2,3)33-24(32)30-16-14-29(15-17-30)23(31)28-26(12-13-26)11-9-20-7-8-22(27)21(19-20)10-18-34(4,5)6/h7-8,19H,12-17H2,1-6H3,(H,28,31). The summed E-state index contributed by atoms with van der Waals surface area (Å²) in [6.07, 6.45) is 1.30. The zero-order valence-corrected chi connectivity index (χ0v) is 22.7. The molecule has 0 bridgehead atoms. The van der Waals surface area contributed by atoms with E-state index in [4.69, 9.17) is 16.3 Å². The number of hydrogen-bond donors (Lipinski definition) is 1. The van der Waals surface area contributed by atoms with Crippen molar-refractivity contribution in [3.63, 3.8) is 0 Å². The number of hydrogen-bond acceptors (Lipinski definition) is 3. The molecular formula is C26H34ClN3O3Si. The summed E-state index contributed by atoms with van der Waals surface area (Å²) in [5.41, 5.74) is 3.92. The van der Waals surface area contributed by atoms with E-state index in [2.05, 4.69) is 48.3 Å². The number of nitrogens with zero attached hydrogens (tertiary/aromatic N) is 2. The molecule has 0 unspecified atom stereocenters. The summed E-state index contributed by atoms with van der Waals surface area (Å²) in [4.78, 5) is 28.4. The van der Waals surface area contributed by atoms with Gasteiger partial charge >= 0.3 is 12.1 Å². The number of ether oxygens (including phenoxy) is 1. The molecule has 3 rings (SSSR count). The summed E-state index contributed by atoms with van der Waals surface area (Å²) < 4.78 is 5.42. The van der Waals surface area contributed by atoms with Crippen LogP contribution in [-0.2, 0) is 4.74 Å². The van der Waals surface area contributed by atoms with E-state index in [-0.39, 0.29) is 12.1 Å². The molecule has 1 saturated heterocycles. The van der Waals surface area contributed by atoms with Gasteiger partial charge in [0.2, 0.25) is 0 Å². The van der Waals surface area contributed by atoms with Crippen LogP contribution >= 0.6 is 11.6 Å². The molecule has 1 aliphatic carbocycles. The average molecular weight is 500 g/mol. The number of nitrogens with one attached hydrogen (secondary N) is 1. The molecule has 1 heterocycles. The highest BCUT2D eigenvalue weighted by Crippen LogP contribution is 2.35. The molecule has 8 heteroatoms. The van der Waals surface area contributed by atoms with Gasteiger partial charge in [-0.15, -0.1) is 5.54 Å². The van der Waals surface area contributed by atoms with Gasteiger partial charge in [0.25, 0.3) is 0 Å². The van der Waals surface area contributed by atoms with Crippen molar-refractivity contribution in [2.75, 3.05) is 26.2 Å². The van der Waals surface area contributed by atoms with Crippen molar-refractivity contribution in [1.29, 1.82) is 0 Å². The molecule has 3 amide bonds. The van der Waals surface area contributed by atoms with Crippen LogP contribution in [0.15, 0.2) is 18.2 Å². The summed E-state index contributed by atoms with van der Waals surface area (Å²) in [5.74, 6) is 9.65. The highest BCUT2D eigenvalue weighted by Gasteiger charge is 2.44. The average Bonchev–Trinajstić information content (AvgIpc) is 3.50. The van der Waals surface area contributed by atoms with E-state index in [0.717, 1.165) is 24.0 Å². The maximum atomic E-state index is 12.8. The minimum Gasteiger partial charge on any atom is -0.444 e. The zero-order chi connectivity index (χ0) is 25.1. The quantitative estimate of drug-likeness (QED) is 0.449. The normalized spacial score (nSPS) is 17.0. The van der Waals surface area contributed by atoms with Crippen molar-refractivity contribution in [2.45, 2.75) is 64.4 Å². The lowest BCUT2D eigenvalue weighted by atomic mass is 10.1. The van der Waals surface area contributed by atoms with E-state index in [9.17, 15) is 9.59 Å². The Hall–Kier alpha value is -2.61. The van der Waals surface area contributed by atoms with Gasteiger partial charge < -0.3 is 19.9 Å². The van der Waals surface area contributed by atoms with E-state index in [1.807, 2.05) is 39.0 Å². The van der Waals surface area contributed by atoms with Gasteiger partial charge in [-0.2, -0.15) is 0 Å². The Kier molecular flexibility index (Phi) is 7.60. The molecular weight excluding hydrogens is 466 g/mol. The molecule has 182 valence electrons. The molecule has 1 aliphatic heterocycles. The van der Waals surface area contributed by atoms with Gasteiger partial charge in [0.1, 0.15) is 19.2 Å². The first-order valence-electron chi connectivity index (χ1n) is 11.7. The van der Waals surface area contributed by atoms with Crippen LogP contribution in [0.2, 0.25) is 24.7 Å². The smallest absolute Gasteiger partial charge is 0.410 e. The van der Waals surface area contributed by atoms with Crippen LogP contribution in [0.3, 0.4) is 0 Å². The van der Waals surface area contributed by atoms with Crippen LogP contribution < -0.4 is 5.32 Å². The van der Waals surface area contributed by atoms with Gasteiger partial charge in [-0.25, -0.2) is 9.59 Å². The lowest BCUT2D eigenvalue weighted by molar-refractivity contribution is 0.0169. The minimum atomic E-state index is -1.51. The van der Waals surface area contributed by atoms with Gasteiger partial charge in [0.05, 0.1) is 5.02 Å². The molecule has 1 saturated carbocycles. The van der Waals surface area contributed by atoms with Gasteiger partial charge in [-0.1, -0.05) is 49.0 Å². The lowest BCUT2D eigenvalue weighted by Crippen LogP contribution is -2.55. The minimum absolute atomic E-state index is 0.145. The second-order valence-corrected chi connectivity index (χ2v) is 16.1. The number of carbonyl (C=O) groups is 2. The van der Waals surface area contributed by atoms with Crippen molar-refractivity contribution in [2.24, 2.45) is 0 Å². The Morgan fingerprint density at radius 2 is 1.68 bits per heavy atom. The van der Waals surface area contributed by atoms with Crippen molar-refractivity contribution in [1.82, 2.24) is 15.1 Å². The van der Waals surface area contributed by atoms with Gasteiger partial charge in [0.15, 0.2) is 0 Å². The maximum Gasteiger partial charge on any atom is 0.410 e. The number of piperazine rings is 1. The van der Waals surface area contributed by atoms with E-state index >= 15 is 0 Å². The first-order valence-corrected chi connectivity index (χ1v) is 15.5. The number of urea groups is 1. The summed E-state index contributed by atoms with van der Waals surface area (Å²) in [5, 5.41) is 3.71. The number of carbonyl (C=O) groups excluding carboxylic acids is 2. The summed E-state index contributed by atoms with van der Waals surface area (Å²) >= 11 is 6.31. The fourth-order valence-corrected chi connectivity index (χ4v) is 3.93. The molecule has 34 heavy (non-hydrogen) atoms. The Morgan fingerprint density at radius 3 is 2.24 bits per heavy atom. The third kappa shape index (κ3) is 7.72. The maximum absolute atomic E-state index is 12.8. The lowest BCUT2D eigenvalue weighted by Gasteiger charge is -2.36. The van der Waals surface area contributed by atoms with Gasteiger partial charge in [-0.05, 0) is 51.8 Å². The topological polar surface area (TPSA) is 61.9 Å². The predicted octanol–water partition coefficient (Wildman–Crippen LogP) is 4.72. The second kappa shape index (κ2) is 9.94. The van der Waals surface area contributed by atoms with Gasteiger partial charge in [0, 0.05) is 37.3 Å². The second-order valence-electron chi connectivity index (χ2n) is 10.9. The van der Waals surface area contributed by atoms with Crippen LogP contribution in [0.1, 0.15) is 44.7 Å². The Labute approximate surface area is 209 Å². The summed E-state index contributed by atoms with van der Waals surface area (Å²) in [6.45, 7) is 13.9. The molecule has 1 aromatic rings. The fraction of sp³-hybridized carbons (Fsp3) is 0.538. The highest BCUT2D eigenvalue weighted by atomic mass is 35.5. The summed E-state index contributed by atoms with van der Waals surface area (Å²) in [7, 11) is -1.51. The monoisotopic (exact) mass is 499 g/mol. The molecule has 1 N–H and O–H groups in total.